The van der Waals surface area contributed by atoms with Crippen LogP contribution in [0.1, 0.15) is 42.3 Å². The molecular weight excluding hydrogens is 466 g/mol. The van der Waals surface area contributed by atoms with Crippen LogP contribution in [0.25, 0.3) is 10.9 Å². The summed E-state index contributed by atoms with van der Waals surface area (Å²) in [7, 11) is 2.18. The molecule has 0 amide bonds. The average molecular weight is 500 g/mol. The molecule has 0 aliphatic rings. The molecule has 0 fully saturated rings. The number of nitrogens with one attached hydrogen (secondary N) is 1. The monoisotopic (exact) mass is 499 g/mol. The Morgan fingerprint density at radius 1 is 1.06 bits per heavy atom. The van der Waals surface area contributed by atoms with E-state index in [9.17, 15) is 14.4 Å². The molecule has 3 aromatic rings. The summed E-state index contributed by atoms with van der Waals surface area (Å²) < 4.78 is 0. The number of aliphatic carboxylic acids is 3. The Morgan fingerprint density at radius 2 is 1.69 bits per heavy atom. The topological polar surface area (TPSA) is 164 Å². The molecule has 0 bridgehead atoms. The van der Waals surface area contributed by atoms with Crippen LogP contribution in [-0.4, -0.2) is 71.9 Å². The lowest BCUT2D eigenvalue weighted by atomic mass is 9.96. The maximum Gasteiger partial charge on any atom is 0.336 e. The number of benzene rings is 1. The van der Waals surface area contributed by atoms with Gasteiger partial charge in [-0.2, -0.15) is 0 Å². The maximum atomic E-state index is 10.3. The largest absolute Gasteiger partial charge is 0.481 e. The average Bonchev–Trinajstić information content (AvgIpc) is 3.08. The van der Waals surface area contributed by atoms with Gasteiger partial charge < -0.3 is 25.4 Å². The highest BCUT2D eigenvalue weighted by Crippen LogP contribution is 2.24. The van der Waals surface area contributed by atoms with Crippen molar-refractivity contribution in [1.82, 2.24) is 14.9 Å². The third-order valence-corrected chi connectivity index (χ3v) is 5.99. The van der Waals surface area contributed by atoms with Crippen LogP contribution < -0.4 is 0 Å². The number of fused-ring (bicyclic) bond motifs is 1. The number of aliphatic hydroxyl groups is 1. The smallest absolute Gasteiger partial charge is 0.336 e. The van der Waals surface area contributed by atoms with Gasteiger partial charge in [0.05, 0.1) is 12.8 Å². The molecule has 0 radical (unpaired) electrons. The second-order valence-electron chi connectivity index (χ2n) is 9.04. The maximum absolute atomic E-state index is 10.3. The fourth-order valence-electron chi connectivity index (χ4n) is 3.75. The third kappa shape index (κ3) is 7.89. The predicted octanol–water partition coefficient (Wildman–Crippen LogP) is 2.99. The number of aromatic amines is 1. The summed E-state index contributed by atoms with van der Waals surface area (Å²) >= 11 is 0. The van der Waals surface area contributed by atoms with Crippen molar-refractivity contribution in [1.29, 1.82) is 0 Å². The molecule has 0 saturated carbocycles. The molecule has 1 atom stereocenters. The minimum Gasteiger partial charge on any atom is -0.481 e. The molecule has 5 N–H and O–H groups in total. The molecule has 1 unspecified atom stereocenters. The molecule has 0 aliphatic carbocycles. The lowest BCUT2D eigenvalue weighted by molar-refractivity contribution is -0.170. The molecule has 194 valence electrons. The number of hydrogen-bond donors (Lipinski definition) is 5. The van der Waals surface area contributed by atoms with E-state index in [1.165, 1.54) is 27.7 Å². The molecule has 0 saturated heterocycles. The van der Waals surface area contributed by atoms with Gasteiger partial charge in [0, 0.05) is 47.5 Å². The number of likely N-dealkylation sites (N-methyl/N-ethyl adjacent to an activating group) is 1. The van der Waals surface area contributed by atoms with E-state index < -0.39 is 36.4 Å². The van der Waals surface area contributed by atoms with Gasteiger partial charge in [-0.25, -0.2) is 4.79 Å². The van der Waals surface area contributed by atoms with E-state index in [4.69, 9.17) is 20.4 Å². The molecule has 2 aromatic heterocycles. The molecule has 10 heteroatoms. The fourth-order valence-corrected chi connectivity index (χ4v) is 3.75. The Balaban J connectivity index is 0.000000302. The third-order valence-electron chi connectivity index (χ3n) is 5.99. The minimum atomic E-state index is -2.74. The second-order valence-corrected chi connectivity index (χ2v) is 9.04. The van der Waals surface area contributed by atoms with Crippen LogP contribution in [0.2, 0.25) is 0 Å². The Morgan fingerprint density at radius 3 is 2.22 bits per heavy atom. The molecule has 36 heavy (non-hydrogen) atoms. The number of carboxylic acids is 3. The van der Waals surface area contributed by atoms with Gasteiger partial charge in [0.25, 0.3) is 0 Å². The molecule has 10 nitrogen and oxygen atoms in total. The van der Waals surface area contributed by atoms with E-state index in [1.807, 2.05) is 12.3 Å². The zero-order chi connectivity index (χ0) is 27.0. The lowest BCUT2D eigenvalue weighted by Crippen LogP contribution is -2.42. The van der Waals surface area contributed by atoms with E-state index in [0.717, 1.165) is 18.7 Å². The molecular formula is C26H33N3O7. The Bertz CT molecular complexity index is 1190. The summed E-state index contributed by atoms with van der Waals surface area (Å²) in [5.74, 6) is -5.02. The molecule has 0 aliphatic heterocycles. The SMILES string of the molecule is Cc1ccc2[nH]c(CN(C)C(C)Cc3ccccn3)c(C)c2c1.O=C(O)CC(O)(CC(=O)O)C(=O)O. The van der Waals surface area contributed by atoms with E-state index in [1.54, 1.807) is 0 Å². The summed E-state index contributed by atoms with van der Waals surface area (Å²) in [6, 6.07) is 13.2. The zero-order valence-electron chi connectivity index (χ0n) is 20.9. The van der Waals surface area contributed by atoms with Crippen LogP contribution in [0.5, 0.6) is 0 Å². The first-order valence-corrected chi connectivity index (χ1v) is 11.4. The highest BCUT2D eigenvalue weighted by atomic mass is 16.4. The van der Waals surface area contributed by atoms with Crippen LogP contribution in [-0.2, 0) is 27.3 Å². The van der Waals surface area contributed by atoms with Crippen LogP contribution in [0.15, 0.2) is 42.6 Å². The number of hydrogen-bond acceptors (Lipinski definition) is 6. The first kappa shape index (κ1) is 28.5. The number of aryl methyl sites for hydroxylation is 2. The summed E-state index contributed by atoms with van der Waals surface area (Å²) in [6.07, 6.45) is 0.547. The van der Waals surface area contributed by atoms with Crippen molar-refractivity contribution < 1.29 is 34.8 Å². The van der Waals surface area contributed by atoms with E-state index in [-0.39, 0.29) is 0 Å². The molecule has 0 spiro atoms. The standard InChI is InChI=1S/C20H25N3.C6H8O7/c1-14-8-9-19-18(11-14)16(3)20(22-19)13-23(4)15(2)12-17-7-5-6-10-21-17;7-3(8)1-6(13,5(11)12)2-4(9)10/h5-11,15,22H,12-13H2,1-4H3;13H,1-2H2,(H,7,8)(H,9,10)(H,11,12). The van der Waals surface area contributed by atoms with Gasteiger partial charge in [0.15, 0.2) is 5.60 Å². The van der Waals surface area contributed by atoms with E-state index >= 15 is 0 Å². The van der Waals surface area contributed by atoms with Crippen LogP contribution in [0.3, 0.4) is 0 Å². The minimum absolute atomic E-state index is 0.442. The van der Waals surface area contributed by atoms with Crippen molar-refractivity contribution in [3.63, 3.8) is 0 Å². The number of rotatable bonds is 10. The van der Waals surface area contributed by atoms with Crippen LogP contribution >= 0.6 is 0 Å². The van der Waals surface area contributed by atoms with Gasteiger partial charge in [-0.1, -0.05) is 17.7 Å². The normalized spacial score (nSPS) is 12.2. The van der Waals surface area contributed by atoms with Crippen LogP contribution in [0.4, 0.5) is 0 Å². The summed E-state index contributed by atoms with van der Waals surface area (Å²) in [5.41, 5.74) is 3.62. The van der Waals surface area contributed by atoms with Crippen molar-refractivity contribution in [2.24, 2.45) is 0 Å². The van der Waals surface area contributed by atoms with Gasteiger partial charge >= 0.3 is 17.9 Å². The number of nitrogens with zero attached hydrogens (tertiary/aromatic N) is 2. The van der Waals surface area contributed by atoms with Gasteiger partial charge in [-0.05, 0) is 57.6 Å². The first-order chi connectivity index (χ1) is 16.8. The van der Waals surface area contributed by atoms with Crippen LogP contribution in [0, 0.1) is 13.8 Å². The summed E-state index contributed by atoms with van der Waals surface area (Å²) in [5, 5.41) is 35.1. The van der Waals surface area contributed by atoms with Gasteiger partial charge in [0.2, 0.25) is 0 Å². The van der Waals surface area contributed by atoms with Gasteiger partial charge in [-0.3, -0.25) is 19.5 Å². The summed E-state index contributed by atoms with van der Waals surface area (Å²) in [6.45, 7) is 7.54. The summed E-state index contributed by atoms with van der Waals surface area (Å²) in [4.78, 5) is 40.9. The fraction of sp³-hybridized carbons (Fsp3) is 0.385. The first-order valence-electron chi connectivity index (χ1n) is 11.4. The second kappa shape index (κ2) is 12.3. The number of pyridine rings is 1. The van der Waals surface area contributed by atoms with Crippen molar-refractivity contribution in [2.75, 3.05) is 7.05 Å². The number of H-pyrrole nitrogens is 1. The molecule has 1 aromatic carbocycles. The molecule has 3 rings (SSSR count). The van der Waals surface area contributed by atoms with Crippen molar-refractivity contribution in [3.8, 4) is 0 Å². The molecule has 2 heterocycles. The zero-order valence-corrected chi connectivity index (χ0v) is 20.9. The quantitative estimate of drug-likeness (QED) is 0.282. The van der Waals surface area contributed by atoms with Crippen molar-refractivity contribution in [3.05, 3.63) is 65.1 Å². The Labute approximate surface area is 209 Å². The Kier molecular flexibility index (Phi) is 9.71. The van der Waals surface area contributed by atoms with E-state index in [2.05, 4.69) is 73.0 Å². The highest BCUT2D eigenvalue weighted by Gasteiger charge is 2.40. The van der Waals surface area contributed by atoms with Crippen molar-refractivity contribution >= 4 is 28.8 Å². The highest BCUT2D eigenvalue weighted by molar-refractivity contribution is 5.88. The Hall–Kier alpha value is -3.76. The number of carbonyl (C=O) groups is 3. The predicted molar refractivity (Wildman–Crippen MR) is 134 cm³/mol. The lowest BCUT2D eigenvalue weighted by Gasteiger charge is -2.24. The number of carboxylic acid groups (broad SMARTS) is 3. The van der Waals surface area contributed by atoms with E-state index in [0.29, 0.717) is 6.04 Å². The number of aromatic nitrogens is 2. The van der Waals surface area contributed by atoms with Crippen molar-refractivity contribution in [2.45, 2.75) is 58.2 Å². The van der Waals surface area contributed by atoms with Gasteiger partial charge in [0.1, 0.15) is 0 Å². The van der Waals surface area contributed by atoms with Gasteiger partial charge in [-0.15, -0.1) is 0 Å².